The van der Waals surface area contributed by atoms with E-state index in [1.54, 1.807) is 23.1 Å². The Morgan fingerprint density at radius 2 is 1.70 bits per heavy atom. The topological polar surface area (TPSA) is 42.3 Å². The van der Waals surface area contributed by atoms with Gasteiger partial charge >= 0.3 is 0 Å². The summed E-state index contributed by atoms with van der Waals surface area (Å²) in [5, 5.41) is 1.10. The number of hydrogen-bond donors (Lipinski definition) is 0. The number of aromatic nitrogens is 1. The third kappa shape index (κ3) is 4.17. The van der Waals surface area contributed by atoms with Crippen LogP contribution in [0.5, 0.6) is 0 Å². The number of carbonyl (C=O) groups excluding carboxylic acids is 2. The molecule has 0 atom stereocenters. The zero-order valence-corrected chi connectivity index (χ0v) is 15.9. The van der Waals surface area contributed by atoms with E-state index in [4.69, 9.17) is 0 Å². The van der Waals surface area contributed by atoms with Crippen molar-refractivity contribution in [3.05, 3.63) is 78.0 Å². The lowest BCUT2D eigenvalue weighted by Crippen LogP contribution is -2.39. The van der Waals surface area contributed by atoms with Gasteiger partial charge in [-0.25, -0.2) is 0 Å². The van der Waals surface area contributed by atoms with Crippen LogP contribution in [-0.4, -0.2) is 33.7 Å². The SMILES string of the molecule is CC(C)N(CC(=O)c1ccccc1)C(=O)/C=C/c1cn(C)c2ccccc12. The number of amides is 1. The molecule has 0 saturated heterocycles. The lowest BCUT2D eigenvalue weighted by molar-refractivity contribution is -0.127. The van der Waals surface area contributed by atoms with Crippen LogP contribution >= 0.6 is 0 Å². The van der Waals surface area contributed by atoms with Gasteiger partial charge in [0.25, 0.3) is 0 Å². The lowest BCUT2D eigenvalue weighted by Gasteiger charge is -2.24. The van der Waals surface area contributed by atoms with E-state index in [-0.39, 0.29) is 24.3 Å². The van der Waals surface area contributed by atoms with Gasteiger partial charge in [0.05, 0.1) is 6.54 Å². The maximum Gasteiger partial charge on any atom is 0.247 e. The van der Waals surface area contributed by atoms with Gasteiger partial charge in [-0.15, -0.1) is 0 Å². The van der Waals surface area contributed by atoms with Gasteiger partial charge in [0.1, 0.15) is 0 Å². The van der Waals surface area contributed by atoms with E-state index in [1.165, 1.54) is 0 Å². The molecule has 1 heterocycles. The van der Waals surface area contributed by atoms with Crippen LogP contribution in [0, 0.1) is 0 Å². The molecule has 3 rings (SSSR count). The molecule has 0 N–H and O–H groups in total. The van der Waals surface area contributed by atoms with Crippen molar-refractivity contribution in [3.8, 4) is 0 Å². The average Bonchev–Trinajstić information content (AvgIpc) is 3.00. The zero-order chi connectivity index (χ0) is 19.4. The van der Waals surface area contributed by atoms with Gasteiger partial charge in [0.2, 0.25) is 5.91 Å². The summed E-state index contributed by atoms with van der Waals surface area (Å²) in [5.74, 6) is -0.224. The van der Waals surface area contributed by atoms with Crippen molar-refractivity contribution >= 4 is 28.7 Å². The minimum atomic E-state index is -0.165. The minimum Gasteiger partial charge on any atom is -0.350 e. The van der Waals surface area contributed by atoms with Gasteiger partial charge in [0, 0.05) is 47.4 Å². The van der Waals surface area contributed by atoms with Crippen LogP contribution in [0.4, 0.5) is 0 Å². The highest BCUT2D eigenvalue weighted by Crippen LogP contribution is 2.21. The van der Waals surface area contributed by atoms with E-state index < -0.39 is 0 Å². The number of aryl methyl sites for hydroxylation is 1. The molecule has 0 bridgehead atoms. The summed E-state index contributed by atoms with van der Waals surface area (Å²) < 4.78 is 2.04. The van der Waals surface area contributed by atoms with Gasteiger partial charge in [-0.1, -0.05) is 48.5 Å². The molecule has 0 aliphatic carbocycles. The smallest absolute Gasteiger partial charge is 0.247 e. The first-order valence-corrected chi connectivity index (χ1v) is 9.08. The average molecular weight is 360 g/mol. The highest BCUT2D eigenvalue weighted by molar-refractivity contribution is 6.02. The number of nitrogens with zero attached hydrogens (tertiary/aromatic N) is 2. The second-order valence-electron chi connectivity index (χ2n) is 6.89. The Balaban J connectivity index is 1.79. The lowest BCUT2D eigenvalue weighted by atomic mass is 10.1. The second-order valence-corrected chi connectivity index (χ2v) is 6.89. The predicted octanol–water partition coefficient (Wildman–Crippen LogP) is 4.31. The number of benzene rings is 2. The highest BCUT2D eigenvalue weighted by atomic mass is 16.2. The summed E-state index contributed by atoms with van der Waals surface area (Å²) in [4.78, 5) is 26.8. The summed E-state index contributed by atoms with van der Waals surface area (Å²) in [6, 6.07) is 17.1. The van der Waals surface area contributed by atoms with E-state index in [1.807, 2.05) is 80.2 Å². The molecule has 0 radical (unpaired) electrons. The Morgan fingerprint density at radius 1 is 1.04 bits per heavy atom. The van der Waals surface area contributed by atoms with Gasteiger partial charge < -0.3 is 9.47 Å². The largest absolute Gasteiger partial charge is 0.350 e. The maximum atomic E-state index is 12.7. The minimum absolute atomic E-state index is 0.0591. The van der Waals surface area contributed by atoms with Gasteiger partial charge in [-0.05, 0) is 26.0 Å². The van der Waals surface area contributed by atoms with Crippen molar-refractivity contribution < 1.29 is 9.59 Å². The number of para-hydroxylation sites is 1. The Labute approximate surface area is 159 Å². The van der Waals surface area contributed by atoms with Crippen LogP contribution < -0.4 is 0 Å². The normalized spacial score (nSPS) is 11.4. The van der Waals surface area contributed by atoms with Gasteiger partial charge in [-0.3, -0.25) is 9.59 Å². The summed E-state index contributed by atoms with van der Waals surface area (Å²) >= 11 is 0. The van der Waals surface area contributed by atoms with E-state index in [0.29, 0.717) is 5.56 Å². The van der Waals surface area contributed by atoms with Crippen molar-refractivity contribution in [2.75, 3.05) is 6.54 Å². The van der Waals surface area contributed by atoms with Gasteiger partial charge in [-0.2, -0.15) is 0 Å². The molecule has 138 valence electrons. The van der Waals surface area contributed by atoms with E-state index in [2.05, 4.69) is 0 Å². The Bertz CT molecular complexity index is 984. The standard InChI is InChI=1S/C23H24N2O2/c1-17(2)25(16-22(26)18-9-5-4-6-10-18)23(27)14-13-19-15-24(3)21-12-8-7-11-20(19)21/h4-15,17H,16H2,1-3H3/b14-13+. The Morgan fingerprint density at radius 3 is 2.41 bits per heavy atom. The molecule has 4 nitrogen and oxygen atoms in total. The van der Waals surface area contributed by atoms with E-state index in [9.17, 15) is 9.59 Å². The number of Topliss-reactive ketones (excluding diaryl/α,β-unsaturated/α-hetero) is 1. The van der Waals surface area contributed by atoms with Crippen LogP contribution in [0.2, 0.25) is 0 Å². The fourth-order valence-electron chi connectivity index (χ4n) is 3.15. The van der Waals surface area contributed by atoms with Crippen LogP contribution in [-0.2, 0) is 11.8 Å². The fraction of sp³-hybridized carbons (Fsp3) is 0.217. The van der Waals surface area contributed by atoms with E-state index >= 15 is 0 Å². The quantitative estimate of drug-likeness (QED) is 0.485. The molecule has 0 spiro atoms. The maximum absolute atomic E-state index is 12.7. The molecule has 2 aromatic carbocycles. The third-order valence-electron chi connectivity index (χ3n) is 4.65. The molecule has 4 heteroatoms. The Kier molecular flexibility index (Phi) is 5.55. The predicted molar refractivity (Wildman–Crippen MR) is 110 cm³/mol. The summed E-state index contributed by atoms with van der Waals surface area (Å²) in [5.41, 5.74) is 2.72. The molecule has 0 aliphatic heterocycles. The van der Waals surface area contributed by atoms with Crippen molar-refractivity contribution in [2.45, 2.75) is 19.9 Å². The van der Waals surface area contributed by atoms with Crippen molar-refractivity contribution in [3.63, 3.8) is 0 Å². The number of ketones is 1. The third-order valence-corrected chi connectivity index (χ3v) is 4.65. The number of hydrogen-bond acceptors (Lipinski definition) is 2. The molecular weight excluding hydrogens is 336 g/mol. The molecule has 0 unspecified atom stereocenters. The fourth-order valence-corrected chi connectivity index (χ4v) is 3.15. The van der Waals surface area contributed by atoms with Crippen LogP contribution in [0.15, 0.2) is 66.9 Å². The number of rotatable bonds is 6. The molecule has 0 fully saturated rings. The van der Waals surface area contributed by atoms with Crippen molar-refractivity contribution in [1.82, 2.24) is 9.47 Å². The zero-order valence-electron chi connectivity index (χ0n) is 15.9. The second kappa shape index (κ2) is 8.04. The van der Waals surface area contributed by atoms with Crippen LogP contribution in [0.1, 0.15) is 29.8 Å². The van der Waals surface area contributed by atoms with Crippen LogP contribution in [0.25, 0.3) is 17.0 Å². The summed E-state index contributed by atoms with van der Waals surface area (Å²) in [6.07, 6.45) is 5.39. The molecule has 3 aromatic rings. The number of carbonyl (C=O) groups is 2. The molecule has 0 aliphatic rings. The summed E-state index contributed by atoms with van der Waals surface area (Å²) in [7, 11) is 1.99. The van der Waals surface area contributed by atoms with Crippen molar-refractivity contribution in [2.24, 2.45) is 7.05 Å². The first kappa shape index (κ1) is 18.6. The molecule has 0 saturated carbocycles. The molecular formula is C23H24N2O2. The highest BCUT2D eigenvalue weighted by Gasteiger charge is 2.19. The van der Waals surface area contributed by atoms with Gasteiger partial charge in [0.15, 0.2) is 5.78 Å². The van der Waals surface area contributed by atoms with Crippen molar-refractivity contribution in [1.29, 1.82) is 0 Å². The first-order valence-electron chi connectivity index (χ1n) is 9.08. The molecule has 27 heavy (non-hydrogen) atoms. The first-order chi connectivity index (χ1) is 13.0. The Hall–Kier alpha value is -3.14. The molecule has 1 amide bonds. The monoisotopic (exact) mass is 360 g/mol. The van der Waals surface area contributed by atoms with E-state index in [0.717, 1.165) is 16.5 Å². The number of fused-ring (bicyclic) bond motifs is 1. The molecule has 1 aromatic heterocycles. The van der Waals surface area contributed by atoms with Crippen LogP contribution in [0.3, 0.4) is 0 Å². The summed E-state index contributed by atoms with van der Waals surface area (Å²) in [6.45, 7) is 3.91.